The van der Waals surface area contributed by atoms with Crippen LogP contribution in [0.1, 0.15) is 30.0 Å². The molecular weight excluding hydrogens is 338 g/mol. The fraction of sp³-hybridized carbons (Fsp3) is 0.476. The first-order valence-electron chi connectivity index (χ1n) is 9.77. The van der Waals surface area contributed by atoms with Gasteiger partial charge in [0.25, 0.3) is 0 Å². The van der Waals surface area contributed by atoms with Crippen LogP contribution in [0.5, 0.6) is 0 Å². The van der Waals surface area contributed by atoms with Crippen molar-refractivity contribution in [2.45, 2.75) is 39.2 Å². The molecule has 1 aromatic carbocycles. The van der Waals surface area contributed by atoms with E-state index in [0.717, 1.165) is 55.4 Å². The lowest BCUT2D eigenvalue weighted by atomic mass is 9.94. The number of hydrogen-bond acceptors (Lipinski definition) is 5. The highest BCUT2D eigenvalue weighted by Crippen LogP contribution is 2.24. The fourth-order valence-electron chi connectivity index (χ4n) is 3.75. The predicted octanol–water partition coefficient (Wildman–Crippen LogP) is 3.37. The molecule has 4 rings (SSSR count). The molecule has 1 aliphatic heterocycles. The minimum atomic E-state index is 0.669. The van der Waals surface area contributed by atoms with Crippen molar-refractivity contribution in [3.63, 3.8) is 0 Å². The van der Waals surface area contributed by atoms with Crippen LogP contribution in [0.25, 0.3) is 11.4 Å². The molecule has 6 heteroatoms. The zero-order valence-electron chi connectivity index (χ0n) is 16.1. The van der Waals surface area contributed by atoms with Gasteiger partial charge in [0.2, 0.25) is 0 Å². The van der Waals surface area contributed by atoms with Crippen LogP contribution in [0.2, 0.25) is 0 Å². The Balaban J connectivity index is 1.54. The summed E-state index contributed by atoms with van der Waals surface area (Å²) in [6.07, 6.45) is 6.06. The summed E-state index contributed by atoms with van der Waals surface area (Å²) in [7, 11) is 2.19. The molecule has 3 heterocycles. The summed E-state index contributed by atoms with van der Waals surface area (Å²) >= 11 is 0. The zero-order chi connectivity index (χ0) is 18.6. The molecule has 6 nitrogen and oxygen atoms in total. The van der Waals surface area contributed by atoms with Gasteiger partial charge in [-0.15, -0.1) is 0 Å². The average molecular weight is 365 g/mol. The number of likely N-dealkylation sites (tertiary alicyclic amines) is 1. The minimum absolute atomic E-state index is 0.669. The molecule has 0 N–H and O–H groups in total. The first kappa shape index (κ1) is 17.9. The number of piperidine rings is 1. The maximum atomic E-state index is 5.27. The van der Waals surface area contributed by atoms with Crippen molar-refractivity contribution in [3.8, 4) is 11.4 Å². The Morgan fingerprint density at radius 2 is 1.93 bits per heavy atom. The van der Waals surface area contributed by atoms with Crippen LogP contribution in [0, 0.1) is 12.8 Å². The van der Waals surface area contributed by atoms with Crippen molar-refractivity contribution >= 4 is 0 Å². The van der Waals surface area contributed by atoms with E-state index < -0.39 is 0 Å². The lowest BCUT2D eigenvalue weighted by Crippen LogP contribution is -2.31. The van der Waals surface area contributed by atoms with Crippen LogP contribution >= 0.6 is 0 Å². The molecule has 2 aromatic heterocycles. The second kappa shape index (κ2) is 8.05. The van der Waals surface area contributed by atoms with Crippen LogP contribution in [-0.4, -0.2) is 45.0 Å². The van der Waals surface area contributed by atoms with Crippen molar-refractivity contribution in [1.29, 1.82) is 0 Å². The maximum absolute atomic E-state index is 5.27. The number of rotatable bonds is 6. The van der Waals surface area contributed by atoms with E-state index in [4.69, 9.17) is 14.6 Å². The van der Waals surface area contributed by atoms with Gasteiger partial charge in [0, 0.05) is 13.0 Å². The van der Waals surface area contributed by atoms with Gasteiger partial charge in [-0.3, -0.25) is 0 Å². The maximum Gasteiger partial charge on any atom is 0.163 e. The highest BCUT2D eigenvalue weighted by atomic mass is 16.5. The molecule has 0 spiro atoms. The third-order valence-corrected chi connectivity index (χ3v) is 5.47. The summed E-state index contributed by atoms with van der Waals surface area (Å²) in [4.78, 5) is 7.27. The van der Waals surface area contributed by atoms with Crippen LogP contribution in [0.15, 0.2) is 41.1 Å². The first-order valence-corrected chi connectivity index (χ1v) is 9.77. The van der Waals surface area contributed by atoms with Gasteiger partial charge in [-0.2, -0.15) is 5.10 Å². The monoisotopic (exact) mass is 365 g/mol. The van der Waals surface area contributed by atoms with E-state index in [2.05, 4.69) is 41.4 Å². The quantitative estimate of drug-likeness (QED) is 0.670. The van der Waals surface area contributed by atoms with E-state index in [1.807, 2.05) is 17.7 Å². The van der Waals surface area contributed by atoms with Crippen LogP contribution in [0.3, 0.4) is 0 Å². The third-order valence-electron chi connectivity index (χ3n) is 5.47. The van der Waals surface area contributed by atoms with E-state index in [9.17, 15) is 0 Å². The molecule has 1 aliphatic rings. The third kappa shape index (κ3) is 4.27. The molecule has 0 radical (unpaired) electrons. The largest absolute Gasteiger partial charge is 0.361 e. The molecule has 1 fully saturated rings. The molecule has 0 atom stereocenters. The van der Waals surface area contributed by atoms with E-state index >= 15 is 0 Å². The van der Waals surface area contributed by atoms with E-state index in [1.54, 1.807) is 6.20 Å². The number of nitrogens with zero attached hydrogens (tertiary/aromatic N) is 5. The number of aromatic nitrogens is 4. The Kier molecular flexibility index (Phi) is 5.34. The van der Waals surface area contributed by atoms with Gasteiger partial charge in [0.1, 0.15) is 5.76 Å². The summed E-state index contributed by atoms with van der Waals surface area (Å²) in [6, 6.07) is 10.5. The van der Waals surface area contributed by atoms with Gasteiger partial charge in [0.15, 0.2) is 11.6 Å². The topological polar surface area (TPSA) is 60.0 Å². The van der Waals surface area contributed by atoms with Crippen molar-refractivity contribution < 1.29 is 4.52 Å². The Morgan fingerprint density at radius 3 is 2.63 bits per heavy atom. The summed E-state index contributed by atoms with van der Waals surface area (Å²) in [5.41, 5.74) is 2.24. The van der Waals surface area contributed by atoms with Crippen molar-refractivity contribution in [2.75, 3.05) is 20.1 Å². The van der Waals surface area contributed by atoms with Crippen LogP contribution < -0.4 is 0 Å². The smallest absolute Gasteiger partial charge is 0.163 e. The molecule has 1 saturated heterocycles. The Morgan fingerprint density at radius 1 is 1.15 bits per heavy atom. The molecule has 0 aliphatic carbocycles. The second-order valence-electron chi connectivity index (χ2n) is 7.56. The standard InChI is InChI=1S/C21H27N5O/c1-16-19(15-22-27-16)21-23-20(14-18-8-11-25(2)12-9-18)24-26(21)13-10-17-6-4-3-5-7-17/h3-7,15,18H,8-14H2,1-2H3. The van der Waals surface area contributed by atoms with Crippen molar-refractivity contribution in [3.05, 3.63) is 53.7 Å². The van der Waals surface area contributed by atoms with Gasteiger partial charge in [-0.05, 0) is 57.8 Å². The highest BCUT2D eigenvalue weighted by molar-refractivity contribution is 5.56. The lowest BCUT2D eigenvalue weighted by Gasteiger charge is -2.28. The van der Waals surface area contributed by atoms with E-state index in [0.29, 0.717) is 5.92 Å². The lowest BCUT2D eigenvalue weighted by molar-refractivity contribution is 0.217. The molecule has 0 unspecified atom stereocenters. The molecule has 142 valence electrons. The summed E-state index contributed by atoms with van der Waals surface area (Å²) in [6.45, 7) is 5.05. The van der Waals surface area contributed by atoms with Crippen LogP contribution in [-0.2, 0) is 19.4 Å². The molecule has 27 heavy (non-hydrogen) atoms. The molecule has 0 bridgehead atoms. The Bertz CT molecular complexity index is 862. The number of hydrogen-bond donors (Lipinski definition) is 0. The Labute approximate surface area is 160 Å². The predicted molar refractivity (Wildman–Crippen MR) is 104 cm³/mol. The van der Waals surface area contributed by atoms with Crippen molar-refractivity contribution in [2.24, 2.45) is 5.92 Å². The Hall–Kier alpha value is -2.47. The number of benzene rings is 1. The average Bonchev–Trinajstić information content (AvgIpc) is 3.28. The van der Waals surface area contributed by atoms with Crippen LogP contribution in [0.4, 0.5) is 0 Å². The normalized spacial score (nSPS) is 16.1. The SMILES string of the molecule is Cc1oncc1-c1nc(CC2CCN(C)CC2)nn1CCc1ccccc1. The summed E-state index contributed by atoms with van der Waals surface area (Å²) < 4.78 is 7.30. The molecule has 0 saturated carbocycles. The van der Waals surface area contributed by atoms with Gasteiger partial charge >= 0.3 is 0 Å². The van der Waals surface area contributed by atoms with E-state index in [-0.39, 0.29) is 0 Å². The van der Waals surface area contributed by atoms with E-state index in [1.165, 1.54) is 18.4 Å². The number of aryl methyl sites for hydroxylation is 3. The molecule has 0 amide bonds. The minimum Gasteiger partial charge on any atom is -0.361 e. The summed E-state index contributed by atoms with van der Waals surface area (Å²) in [5, 5.41) is 8.79. The van der Waals surface area contributed by atoms with Gasteiger partial charge in [0.05, 0.1) is 11.8 Å². The molecular formula is C21H27N5O. The van der Waals surface area contributed by atoms with Crippen molar-refractivity contribution in [1.82, 2.24) is 24.8 Å². The summed E-state index contributed by atoms with van der Waals surface area (Å²) in [5.74, 6) is 3.26. The highest BCUT2D eigenvalue weighted by Gasteiger charge is 2.21. The van der Waals surface area contributed by atoms with Gasteiger partial charge in [-0.1, -0.05) is 35.5 Å². The zero-order valence-corrected chi connectivity index (χ0v) is 16.1. The molecule has 3 aromatic rings. The second-order valence-corrected chi connectivity index (χ2v) is 7.56. The van der Waals surface area contributed by atoms with Gasteiger partial charge in [-0.25, -0.2) is 9.67 Å². The van der Waals surface area contributed by atoms with Gasteiger partial charge < -0.3 is 9.42 Å². The first-order chi connectivity index (χ1) is 13.2. The fourth-order valence-corrected chi connectivity index (χ4v) is 3.75.